The van der Waals surface area contributed by atoms with Crippen LogP contribution in [0.25, 0.3) is 10.9 Å². The number of benzene rings is 1. The average molecular weight is 256 g/mol. The summed E-state index contributed by atoms with van der Waals surface area (Å²) in [5.74, 6) is 7.28. The van der Waals surface area contributed by atoms with Crippen molar-refractivity contribution in [3.05, 3.63) is 35.9 Å². The van der Waals surface area contributed by atoms with Gasteiger partial charge >= 0.3 is 0 Å². The second-order valence-corrected chi connectivity index (χ2v) is 5.47. The molecule has 0 bridgehead atoms. The van der Waals surface area contributed by atoms with Gasteiger partial charge in [-0.25, -0.2) is 10.8 Å². The number of anilines is 1. The summed E-state index contributed by atoms with van der Waals surface area (Å²) in [6.45, 7) is 2.05. The van der Waals surface area contributed by atoms with Crippen molar-refractivity contribution >= 4 is 16.7 Å². The standard InChI is InChI=1S/C15H20N4/c1-19(9-11-6-7-11)10-13-8-12-4-2-3-5-14(12)17-15(13)18-16/h2-5,8,11H,6-7,9-10,16H2,1H3,(H,17,18). The summed E-state index contributed by atoms with van der Waals surface area (Å²) in [7, 11) is 2.16. The number of hydrogen-bond donors (Lipinski definition) is 2. The Kier molecular flexibility index (Phi) is 3.36. The first-order valence-electron chi connectivity index (χ1n) is 6.80. The number of hydrazine groups is 1. The Balaban J connectivity index is 1.87. The Hall–Kier alpha value is -1.65. The number of hydrogen-bond acceptors (Lipinski definition) is 4. The molecular formula is C15H20N4. The number of fused-ring (bicyclic) bond motifs is 1. The molecule has 1 aliphatic rings. The maximum absolute atomic E-state index is 5.60. The molecule has 0 radical (unpaired) electrons. The first-order chi connectivity index (χ1) is 9.26. The molecule has 1 heterocycles. The van der Waals surface area contributed by atoms with E-state index in [9.17, 15) is 0 Å². The highest BCUT2D eigenvalue weighted by Crippen LogP contribution is 2.30. The second kappa shape index (κ2) is 5.15. The SMILES string of the molecule is CN(Cc1cc2ccccc2nc1NN)CC1CC1. The van der Waals surface area contributed by atoms with E-state index >= 15 is 0 Å². The van der Waals surface area contributed by atoms with Crippen LogP contribution in [-0.4, -0.2) is 23.5 Å². The minimum Gasteiger partial charge on any atom is -0.308 e. The van der Waals surface area contributed by atoms with Crippen molar-refractivity contribution in [1.29, 1.82) is 0 Å². The maximum atomic E-state index is 5.60. The Morgan fingerprint density at radius 2 is 2.16 bits per heavy atom. The lowest BCUT2D eigenvalue weighted by Crippen LogP contribution is -2.22. The fraction of sp³-hybridized carbons (Fsp3) is 0.400. The Morgan fingerprint density at radius 1 is 1.37 bits per heavy atom. The van der Waals surface area contributed by atoms with E-state index in [0.717, 1.165) is 41.3 Å². The number of nitrogen functional groups attached to an aromatic ring is 1. The third-order valence-electron chi connectivity index (χ3n) is 3.65. The molecule has 3 rings (SSSR count). The van der Waals surface area contributed by atoms with E-state index < -0.39 is 0 Å². The van der Waals surface area contributed by atoms with Crippen molar-refractivity contribution < 1.29 is 0 Å². The van der Waals surface area contributed by atoms with Gasteiger partial charge in [-0.3, -0.25) is 0 Å². The smallest absolute Gasteiger partial charge is 0.145 e. The highest BCUT2D eigenvalue weighted by atomic mass is 15.3. The molecular weight excluding hydrogens is 236 g/mol. The van der Waals surface area contributed by atoms with Crippen LogP contribution in [0.15, 0.2) is 30.3 Å². The van der Waals surface area contributed by atoms with Gasteiger partial charge in [-0.05, 0) is 37.9 Å². The normalized spacial score (nSPS) is 15.1. The van der Waals surface area contributed by atoms with Crippen molar-refractivity contribution in [2.75, 3.05) is 19.0 Å². The predicted octanol–water partition coefficient (Wildman–Crippen LogP) is 2.36. The van der Waals surface area contributed by atoms with Crippen molar-refractivity contribution in [1.82, 2.24) is 9.88 Å². The molecule has 1 fully saturated rings. The molecule has 0 amide bonds. The van der Waals surface area contributed by atoms with E-state index in [1.807, 2.05) is 18.2 Å². The first-order valence-corrected chi connectivity index (χ1v) is 6.80. The molecule has 1 saturated carbocycles. The van der Waals surface area contributed by atoms with E-state index in [-0.39, 0.29) is 0 Å². The van der Waals surface area contributed by atoms with Gasteiger partial charge in [-0.1, -0.05) is 18.2 Å². The van der Waals surface area contributed by atoms with Crippen LogP contribution in [0.4, 0.5) is 5.82 Å². The molecule has 100 valence electrons. The first kappa shape index (κ1) is 12.4. The number of para-hydroxylation sites is 1. The molecule has 1 aliphatic carbocycles. The van der Waals surface area contributed by atoms with Gasteiger partial charge in [0.1, 0.15) is 5.82 Å². The molecule has 4 nitrogen and oxygen atoms in total. The van der Waals surface area contributed by atoms with Gasteiger partial charge in [0.25, 0.3) is 0 Å². The Labute approximate surface area is 113 Å². The number of aromatic nitrogens is 1. The Bertz CT molecular complexity index is 577. The molecule has 1 aromatic heterocycles. The van der Waals surface area contributed by atoms with Gasteiger partial charge < -0.3 is 10.3 Å². The van der Waals surface area contributed by atoms with Crippen LogP contribution in [0.3, 0.4) is 0 Å². The van der Waals surface area contributed by atoms with E-state index in [1.54, 1.807) is 0 Å². The fourth-order valence-corrected chi connectivity index (χ4v) is 2.50. The highest BCUT2D eigenvalue weighted by molar-refractivity contribution is 5.81. The second-order valence-electron chi connectivity index (χ2n) is 5.47. The zero-order chi connectivity index (χ0) is 13.2. The van der Waals surface area contributed by atoms with Gasteiger partial charge in [0.05, 0.1) is 5.52 Å². The summed E-state index contributed by atoms with van der Waals surface area (Å²) in [6, 6.07) is 10.3. The van der Waals surface area contributed by atoms with Gasteiger partial charge in [0.2, 0.25) is 0 Å². The van der Waals surface area contributed by atoms with Crippen LogP contribution >= 0.6 is 0 Å². The van der Waals surface area contributed by atoms with Crippen molar-refractivity contribution in [3.63, 3.8) is 0 Å². The summed E-state index contributed by atoms with van der Waals surface area (Å²) in [4.78, 5) is 6.93. The molecule has 1 aromatic carbocycles. The molecule has 19 heavy (non-hydrogen) atoms. The molecule has 4 heteroatoms. The van der Waals surface area contributed by atoms with Crippen LogP contribution in [-0.2, 0) is 6.54 Å². The van der Waals surface area contributed by atoms with E-state index in [2.05, 4.69) is 34.5 Å². The third kappa shape index (κ3) is 2.85. The van der Waals surface area contributed by atoms with Crippen molar-refractivity contribution in [2.45, 2.75) is 19.4 Å². The van der Waals surface area contributed by atoms with Gasteiger partial charge in [-0.2, -0.15) is 0 Å². The lowest BCUT2D eigenvalue weighted by molar-refractivity contribution is 0.313. The largest absolute Gasteiger partial charge is 0.308 e. The molecule has 0 unspecified atom stereocenters. The van der Waals surface area contributed by atoms with Gasteiger partial charge in [0.15, 0.2) is 0 Å². The summed E-state index contributed by atoms with van der Waals surface area (Å²) in [5.41, 5.74) is 4.86. The van der Waals surface area contributed by atoms with Crippen LogP contribution in [0.5, 0.6) is 0 Å². The van der Waals surface area contributed by atoms with Gasteiger partial charge in [-0.15, -0.1) is 0 Å². The molecule has 0 aliphatic heterocycles. The van der Waals surface area contributed by atoms with E-state index in [1.165, 1.54) is 12.8 Å². The van der Waals surface area contributed by atoms with Crippen molar-refractivity contribution in [3.8, 4) is 0 Å². The molecule has 2 aromatic rings. The number of rotatable bonds is 5. The minimum absolute atomic E-state index is 0.779. The third-order valence-corrected chi connectivity index (χ3v) is 3.65. The predicted molar refractivity (Wildman–Crippen MR) is 78.6 cm³/mol. The minimum atomic E-state index is 0.779. The molecule has 0 saturated heterocycles. The number of nitrogens with one attached hydrogen (secondary N) is 1. The van der Waals surface area contributed by atoms with Crippen LogP contribution < -0.4 is 11.3 Å². The van der Waals surface area contributed by atoms with Crippen LogP contribution in [0.2, 0.25) is 0 Å². The fourth-order valence-electron chi connectivity index (χ4n) is 2.50. The van der Waals surface area contributed by atoms with Crippen LogP contribution in [0.1, 0.15) is 18.4 Å². The topological polar surface area (TPSA) is 54.2 Å². The summed E-state index contributed by atoms with van der Waals surface area (Å²) < 4.78 is 0. The zero-order valence-corrected chi connectivity index (χ0v) is 11.3. The van der Waals surface area contributed by atoms with Crippen LogP contribution in [0, 0.1) is 5.92 Å². The van der Waals surface area contributed by atoms with Gasteiger partial charge in [0, 0.05) is 24.0 Å². The maximum Gasteiger partial charge on any atom is 0.145 e. The van der Waals surface area contributed by atoms with E-state index in [4.69, 9.17) is 5.84 Å². The lowest BCUT2D eigenvalue weighted by Gasteiger charge is -2.18. The molecule has 0 spiro atoms. The zero-order valence-electron chi connectivity index (χ0n) is 11.3. The van der Waals surface area contributed by atoms with Crippen molar-refractivity contribution in [2.24, 2.45) is 11.8 Å². The monoisotopic (exact) mass is 256 g/mol. The van der Waals surface area contributed by atoms with E-state index in [0.29, 0.717) is 0 Å². The summed E-state index contributed by atoms with van der Waals surface area (Å²) in [6.07, 6.45) is 2.75. The molecule has 3 N–H and O–H groups in total. The summed E-state index contributed by atoms with van der Waals surface area (Å²) in [5, 5.41) is 1.16. The molecule has 0 atom stereocenters. The highest BCUT2D eigenvalue weighted by Gasteiger charge is 2.23. The average Bonchev–Trinajstić information content (AvgIpc) is 3.21. The number of nitrogens with two attached hydrogens (primary N) is 1. The Morgan fingerprint density at radius 3 is 2.89 bits per heavy atom. The lowest BCUT2D eigenvalue weighted by atomic mass is 10.1. The number of nitrogens with zero attached hydrogens (tertiary/aromatic N) is 2. The quantitative estimate of drug-likeness (QED) is 0.637. The summed E-state index contributed by atoms with van der Waals surface area (Å²) >= 11 is 0. The number of pyridine rings is 1.